The third kappa shape index (κ3) is 2.71. The molecule has 2 saturated carbocycles. The van der Waals surface area contributed by atoms with Crippen LogP contribution < -0.4 is 0 Å². The van der Waals surface area contributed by atoms with Gasteiger partial charge in [0.25, 0.3) is 0 Å². The topological polar surface area (TPSA) is 69.6 Å². The van der Waals surface area contributed by atoms with Gasteiger partial charge in [-0.3, -0.25) is 0 Å². The van der Waals surface area contributed by atoms with E-state index in [0.29, 0.717) is 23.7 Å². The fourth-order valence-corrected chi connectivity index (χ4v) is 3.37. The number of nitrogens with zero attached hydrogens (tertiary/aromatic N) is 5. The van der Waals surface area contributed by atoms with Crippen molar-refractivity contribution >= 4 is 11.8 Å². The van der Waals surface area contributed by atoms with Gasteiger partial charge in [0.1, 0.15) is 11.6 Å². The van der Waals surface area contributed by atoms with Gasteiger partial charge in [-0.05, 0) is 39.5 Å². The summed E-state index contributed by atoms with van der Waals surface area (Å²) >= 11 is 1.78. The summed E-state index contributed by atoms with van der Waals surface area (Å²) in [7, 11) is 0. The molecule has 2 aliphatic rings. The average Bonchev–Trinajstić information content (AvgIpc) is 3.40. The van der Waals surface area contributed by atoms with Crippen molar-refractivity contribution in [3.8, 4) is 0 Å². The van der Waals surface area contributed by atoms with Crippen LogP contribution in [0.2, 0.25) is 0 Å². The fraction of sp³-hybridized carbons (Fsp3) is 0.714. The molecule has 0 bridgehead atoms. The molecule has 2 aliphatic carbocycles. The molecular formula is C14H19N5OS. The lowest BCUT2D eigenvalue weighted by Gasteiger charge is -2.10. The molecule has 0 radical (unpaired) electrons. The molecule has 2 aromatic rings. The number of rotatable bonds is 6. The van der Waals surface area contributed by atoms with Crippen LogP contribution in [0, 0.1) is 6.92 Å². The SMILES string of the molecule is Cc1noc([C@@H](C)SCc2nnc(C3CC3)n2C2CC2)n1. The first-order valence-electron chi connectivity index (χ1n) is 7.58. The smallest absolute Gasteiger partial charge is 0.239 e. The van der Waals surface area contributed by atoms with Gasteiger partial charge in [0, 0.05) is 12.0 Å². The largest absolute Gasteiger partial charge is 0.338 e. The Bertz CT molecular complexity index is 644. The van der Waals surface area contributed by atoms with E-state index in [-0.39, 0.29) is 5.25 Å². The van der Waals surface area contributed by atoms with E-state index in [0.717, 1.165) is 11.6 Å². The Kier molecular flexibility index (Phi) is 3.24. The number of thioether (sulfide) groups is 1. The second-order valence-electron chi connectivity index (χ2n) is 5.98. The van der Waals surface area contributed by atoms with Crippen molar-refractivity contribution in [2.45, 2.75) is 62.5 Å². The highest BCUT2D eigenvalue weighted by Crippen LogP contribution is 2.45. The minimum Gasteiger partial charge on any atom is -0.338 e. The van der Waals surface area contributed by atoms with Crippen LogP contribution in [0.5, 0.6) is 0 Å². The second kappa shape index (κ2) is 5.12. The van der Waals surface area contributed by atoms with Crippen LogP contribution in [-0.2, 0) is 5.75 Å². The fourth-order valence-electron chi connectivity index (χ4n) is 2.54. The van der Waals surface area contributed by atoms with Crippen LogP contribution in [0.25, 0.3) is 0 Å². The van der Waals surface area contributed by atoms with Crippen molar-refractivity contribution in [3.63, 3.8) is 0 Å². The van der Waals surface area contributed by atoms with E-state index < -0.39 is 0 Å². The number of hydrogen-bond donors (Lipinski definition) is 0. The van der Waals surface area contributed by atoms with Crippen molar-refractivity contribution in [1.29, 1.82) is 0 Å². The maximum absolute atomic E-state index is 5.23. The Hall–Kier alpha value is -1.37. The third-order valence-corrected chi connectivity index (χ3v) is 5.13. The zero-order valence-electron chi connectivity index (χ0n) is 12.3. The lowest BCUT2D eigenvalue weighted by atomic mass is 10.4. The maximum atomic E-state index is 5.23. The summed E-state index contributed by atoms with van der Waals surface area (Å²) in [5.74, 6) is 5.21. The highest BCUT2D eigenvalue weighted by Gasteiger charge is 2.36. The van der Waals surface area contributed by atoms with Crippen LogP contribution in [0.4, 0.5) is 0 Å². The van der Waals surface area contributed by atoms with Crippen molar-refractivity contribution in [2.24, 2.45) is 0 Å². The van der Waals surface area contributed by atoms with Crippen molar-refractivity contribution in [2.75, 3.05) is 0 Å². The normalized spacial score (nSPS) is 19.9. The van der Waals surface area contributed by atoms with Crippen LogP contribution in [-0.4, -0.2) is 24.9 Å². The van der Waals surface area contributed by atoms with Crippen LogP contribution in [0.1, 0.15) is 73.2 Å². The van der Waals surface area contributed by atoms with Crippen molar-refractivity contribution in [3.05, 3.63) is 23.4 Å². The summed E-state index contributed by atoms with van der Waals surface area (Å²) in [6, 6.07) is 0.646. The van der Waals surface area contributed by atoms with E-state index in [1.54, 1.807) is 11.8 Å². The maximum Gasteiger partial charge on any atom is 0.239 e. The molecule has 2 fully saturated rings. The molecule has 0 N–H and O–H groups in total. The van der Waals surface area contributed by atoms with E-state index in [1.165, 1.54) is 31.5 Å². The Morgan fingerprint density at radius 2 is 2.10 bits per heavy atom. The molecule has 0 aromatic carbocycles. The predicted octanol–water partition coefficient (Wildman–Crippen LogP) is 3.18. The van der Waals surface area contributed by atoms with Crippen molar-refractivity contribution < 1.29 is 4.52 Å². The molecule has 4 rings (SSSR count). The standard InChI is InChI=1S/C14H19N5OS/c1-8(14-15-9(2)18-20-14)21-7-12-16-17-13(10-3-4-10)19(12)11-5-6-11/h8,10-11H,3-7H2,1-2H3/t8-/m1/s1. The Balaban J connectivity index is 1.47. The summed E-state index contributed by atoms with van der Waals surface area (Å²) in [4.78, 5) is 4.29. The van der Waals surface area contributed by atoms with E-state index in [4.69, 9.17) is 4.52 Å². The molecule has 0 spiro atoms. The van der Waals surface area contributed by atoms with Gasteiger partial charge in [0.2, 0.25) is 5.89 Å². The Labute approximate surface area is 127 Å². The quantitative estimate of drug-likeness (QED) is 0.816. The molecule has 112 valence electrons. The molecule has 0 unspecified atom stereocenters. The molecule has 0 aliphatic heterocycles. The van der Waals surface area contributed by atoms with Gasteiger partial charge >= 0.3 is 0 Å². The molecule has 7 heteroatoms. The summed E-state index contributed by atoms with van der Waals surface area (Å²) < 4.78 is 7.63. The van der Waals surface area contributed by atoms with E-state index >= 15 is 0 Å². The van der Waals surface area contributed by atoms with Gasteiger partial charge in [-0.2, -0.15) is 4.98 Å². The number of aromatic nitrogens is 5. The van der Waals surface area contributed by atoms with Gasteiger partial charge in [-0.1, -0.05) is 5.16 Å². The average molecular weight is 305 g/mol. The minimum absolute atomic E-state index is 0.180. The van der Waals surface area contributed by atoms with Gasteiger partial charge in [-0.25, -0.2) is 0 Å². The molecule has 1 atom stereocenters. The van der Waals surface area contributed by atoms with Crippen LogP contribution in [0.15, 0.2) is 4.52 Å². The minimum atomic E-state index is 0.180. The molecule has 6 nitrogen and oxygen atoms in total. The van der Waals surface area contributed by atoms with Crippen molar-refractivity contribution in [1.82, 2.24) is 24.9 Å². The molecule has 2 heterocycles. The van der Waals surface area contributed by atoms with Gasteiger partial charge < -0.3 is 9.09 Å². The molecular weight excluding hydrogens is 286 g/mol. The summed E-state index contributed by atoms with van der Waals surface area (Å²) in [6.07, 6.45) is 5.09. The van der Waals surface area contributed by atoms with Crippen LogP contribution in [0.3, 0.4) is 0 Å². The molecule has 0 amide bonds. The second-order valence-corrected chi connectivity index (χ2v) is 7.31. The zero-order chi connectivity index (χ0) is 14.4. The Morgan fingerprint density at radius 1 is 1.29 bits per heavy atom. The Morgan fingerprint density at radius 3 is 2.71 bits per heavy atom. The van der Waals surface area contributed by atoms with Gasteiger partial charge in [-0.15, -0.1) is 22.0 Å². The van der Waals surface area contributed by atoms with Crippen LogP contribution >= 0.6 is 11.8 Å². The first kappa shape index (κ1) is 13.3. The van der Waals surface area contributed by atoms with E-state index in [1.807, 2.05) is 6.92 Å². The number of aryl methyl sites for hydroxylation is 1. The first-order chi connectivity index (χ1) is 10.2. The highest BCUT2D eigenvalue weighted by molar-refractivity contribution is 7.98. The lowest BCUT2D eigenvalue weighted by Crippen LogP contribution is -2.05. The van der Waals surface area contributed by atoms with Gasteiger partial charge in [0.05, 0.1) is 11.0 Å². The van der Waals surface area contributed by atoms with Gasteiger partial charge in [0.15, 0.2) is 5.82 Å². The highest BCUT2D eigenvalue weighted by atomic mass is 32.2. The molecule has 2 aromatic heterocycles. The molecule has 21 heavy (non-hydrogen) atoms. The summed E-state index contributed by atoms with van der Waals surface area (Å²) in [6.45, 7) is 3.94. The predicted molar refractivity (Wildman–Crippen MR) is 79.0 cm³/mol. The summed E-state index contributed by atoms with van der Waals surface area (Å²) in [5.41, 5.74) is 0. The van der Waals surface area contributed by atoms with E-state index in [9.17, 15) is 0 Å². The lowest BCUT2D eigenvalue weighted by molar-refractivity contribution is 0.376. The third-order valence-electron chi connectivity index (χ3n) is 4.00. The first-order valence-corrected chi connectivity index (χ1v) is 8.62. The zero-order valence-corrected chi connectivity index (χ0v) is 13.1. The molecule has 0 saturated heterocycles. The van der Waals surface area contributed by atoms with E-state index in [2.05, 4.69) is 31.8 Å². The monoisotopic (exact) mass is 305 g/mol. The number of hydrogen-bond acceptors (Lipinski definition) is 6. The summed E-state index contributed by atoms with van der Waals surface area (Å²) in [5, 5.41) is 12.9.